The van der Waals surface area contributed by atoms with Crippen LogP contribution >= 0.6 is 0 Å². The predicted molar refractivity (Wildman–Crippen MR) is 68.7 cm³/mol. The van der Waals surface area contributed by atoms with Gasteiger partial charge in [0.1, 0.15) is 5.54 Å². The number of nitrogens with one attached hydrogen (secondary N) is 1. The molecule has 1 heterocycles. The van der Waals surface area contributed by atoms with Gasteiger partial charge in [-0.15, -0.1) is 0 Å². The first-order valence-corrected chi connectivity index (χ1v) is 6.10. The van der Waals surface area contributed by atoms with Crippen LogP contribution in [0.5, 0.6) is 0 Å². The zero-order valence-electron chi connectivity index (χ0n) is 11.5. The number of hydrogen-bond acceptors (Lipinski definition) is 3. The molecule has 0 saturated heterocycles. The van der Waals surface area contributed by atoms with Crippen LogP contribution < -0.4 is 5.32 Å². The van der Waals surface area contributed by atoms with Crippen LogP contribution in [-0.2, 0) is 6.54 Å². The van der Waals surface area contributed by atoms with E-state index >= 15 is 0 Å². The van der Waals surface area contributed by atoms with Crippen LogP contribution in [0.15, 0.2) is 0 Å². The second kappa shape index (κ2) is 5.33. The molecule has 94 valence electrons. The molecule has 1 aromatic heterocycles. The van der Waals surface area contributed by atoms with E-state index in [-0.39, 0.29) is 0 Å². The lowest BCUT2D eigenvalue weighted by Gasteiger charge is -2.23. The lowest BCUT2D eigenvalue weighted by atomic mass is 10.0. The van der Waals surface area contributed by atoms with Crippen LogP contribution in [0.3, 0.4) is 0 Å². The molecule has 4 nitrogen and oxygen atoms in total. The third-order valence-electron chi connectivity index (χ3n) is 3.22. The number of aryl methyl sites for hydroxylation is 1. The van der Waals surface area contributed by atoms with Gasteiger partial charge in [-0.25, -0.2) is 0 Å². The van der Waals surface area contributed by atoms with Gasteiger partial charge in [-0.05, 0) is 46.2 Å². The summed E-state index contributed by atoms with van der Waals surface area (Å²) in [5.41, 5.74) is 2.84. The van der Waals surface area contributed by atoms with Gasteiger partial charge in [-0.2, -0.15) is 10.4 Å². The zero-order valence-corrected chi connectivity index (χ0v) is 11.5. The highest BCUT2D eigenvalue weighted by Crippen LogP contribution is 2.14. The number of aromatic nitrogens is 2. The first-order valence-electron chi connectivity index (χ1n) is 6.10. The van der Waals surface area contributed by atoms with E-state index in [0.29, 0.717) is 6.54 Å². The van der Waals surface area contributed by atoms with E-state index in [0.717, 1.165) is 24.4 Å². The maximum atomic E-state index is 9.29. The average molecular weight is 234 g/mol. The Morgan fingerprint density at radius 2 is 2.06 bits per heavy atom. The molecular formula is C13H22N4. The summed E-state index contributed by atoms with van der Waals surface area (Å²) >= 11 is 0. The summed E-state index contributed by atoms with van der Waals surface area (Å²) < 4.78 is 1.93. The zero-order chi connectivity index (χ0) is 13.1. The molecule has 1 aromatic rings. The first kappa shape index (κ1) is 13.7. The Labute approximate surface area is 104 Å². The minimum atomic E-state index is -0.550. The van der Waals surface area contributed by atoms with Crippen LogP contribution in [0.25, 0.3) is 0 Å². The highest BCUT2D eigenvalue weighted by Gasteiger charge is 2.25. The molecule has 0 amide bonds. The molecule has 0 aliphatic rings. The van der Waals surface area contributed by atoms with Gasteiger partial charge in [-0.3, -0.25) is 10.00 Å². The number of rotatable bonds is 5. The summed E-state index contributed by atoms with van der Waals surface area (Å²) in [5.74, 6) is 0. The molecule has 0 spiro atoms. The lowest BCUT2D eigenvalue weighted by Crippen LogP contribution is -2.45. The third kappa shape index (κ3) is 3.07. The molecule has 0 aromatic carbocycles. The summed E-state index contributed by atoms with van der Waals surface area (Å²) in [6, 6.07) is 2.35. The quantitative estimate of drug-likeness (QED) is 0.848. The van der Waals surface area contributed by atoms with Gasteiger partial charge in [0.25, 0.3) is 0 Å². The molecule has 17 heavy (non-hydrogen) atoms. The van der Waals surface area contributed by atoms with Crippen molar-refractivity contribution < 1.29 is 0 Å². The highest BCUT2D eigenvalue weighted by atomic mass is 15.3. The van der Waals surface area contributed by atoms with Gasteiger partial charge in [0, 0.05) is 5.69 Å². The minimum absolute atomic E-state index is 0.550. The van der Waals surface area contributed by atoms with E-state index in [2.05, 4.69) is 30.3 Å². The first-order chi connectivity index (χ1) is 7.93. The van der Waals surface area contributed by atoms with Crippen LogP contribution in [-0.4, -0.2) is 21.9 Å². The molecule has 1 N–H and O–H groups in total. The van der Waals surface area contributed by atoms with Crippen molar-refractivity contribution in [3.8, 4) is 6.07 Å². The predicted octanol–water partition coefficient (Wildman–Crippen LogP) is 2.09. The molecule has 0 aliphatic heterocycles. The minimum Gasteiger partial charge on any atom is -0.298 e. The fourth-order valence-electron chi connectivity index (χ4n) is 1.77. The Kier molecular flexibility index (Phi) is 4.30. The van der Waals surface area contributed by atoms with Crippen molar-refractivity contribution in [1.29, 1.82) is 5.26 Å². The molecule has 1 rings (SSSR count). The fourth-order valence-corrected chi connectivity index (χ4v) is 1.77. The van der Waals surface area contributed by atoms with Crippen LogP contribution in [0.2, 0.25) is 0 Å². The number of nitrogens with zero attached hydrogens (tertiary/aromatic N) is 3. The van der Waals surface area contributed by atoms with Gasteiger partial charge in [0.15, 0.2) is 0 Å². The van der Waals surface area contributed by atoms with E-state index < -0.39 is 5.54 Å². The third-order valence-corrected chi connectivity index (χ3v) is 3.22. The SMILES string of the molecule is CCCNC(C)(C#N)Cn1nc(C)c(C)c1C. The van der Waals surface area contributed by atoms with E-state index in [1.807, 2.05) is 25.5 Å². The average Bonchev–Trinajstić information content (AvgIpc) is 2.54. The van der Waals surface area contributed by atoms with Crippen molar-refractivity contribution >= 4 is 0 Å². The van der Waals surface area contributed by atoms with E-state index in [4.69, 9.17) is 0 Å². The topological polar surface area (TPSA) is 53.6 Å². The molecule has 0 bridgehead atoms. The number of nitriles is 1. The Balaban J connectivity index is 2.88. The van der Waals surface area contributed by atoms with Crippen LogP contribution in [0, 0.1) is 32.1 Å². The molecule has 1 unspecified atom stereocenters. The Hall–Kier alpha value is -1.34. The summed E-state index contributed by atoms with van der Waals surface area (Å²) in [6.07, 6.45) is 1.02. The molecule has 0 radical (unpaired) electrons. The van der Waals surface area contributed by atoms with Gasteiger partial charge in [0.05, 0.1) is 18.3 Å². The fraction of sp³-hybridized carbons (Fsp3) is 0.692. The Morgan fingerprint density at radius 1 is 1.41 bits per heavy atom. The van der Waals surface area contributed by atoms with Crippen molar-refractivity contribution in [3.63, 3.8) is 0 Å². The molecule has 1 atom stereocenters. The normalized spacial score (nSPS) is 14.4. The molecule has 0 fully saturated rings. The summed E-state index contributed by atoms with van der Waals surface area (Å²) in [7, 11) is 0. The largest absolute Gasteiger partial charge is 0.298 e. The summed E-state index contributed by atoms with van der Waals surface area (Å²) in [4.78, 5) is 0. The van der Waals surface area contributed by atoms with Crippen molar-refractivity contribution in [3.05, 3.63) is 17.0 Å². The van der Waals surface area contributed by atoms with Crippen LogP contribution in [0.4, 0.5) is 0 Å². The van der Waals surface area contributed by atoms with Gasteiger partial charge < -0.3 is 0 Å². The monoisotopic (exact) mass is 234 g/mol. The highest BCUT2D eigenvalue weighted by molar-refractivity contribution is 5.23. The van der Waals surface area contributed by atoms with E-state index in [1.54, 1.807) is 0 Å². The molecule has 4 heteroatoms. The van der Waals surface area contributed by atoms with E-state index in [1.165, 1.54) is 5.56 Å². The van der Waals surface area contributed by atoms with Gasteiger partial charge >= 0.3 is 0 Å². The summed E-state index contributed by atoms with van der Waals surface area (Å²) in [6.45, 7) is 11.6. The second-order valence-electron chi connectivity index (χ2n) is 4.82. The van der Waals surface area contributed by atoms with Crippen molar-refractivity contribution in [2.45, 2.75) is 53.1 Å². The molecular weight excluding hydrogens is 212 g/mol. The van der Waals surface area contributed by atoms with E-state index in [9.17, 15) is 5.26 Å². The van der Waals surface area contributed by atoms with Crippen molar-refractivity contribution in [1.82, 2.24) is 15.1 Å². The smallest absolute Gasteiger partial charge is 0.123 e. The van der Waals surface area contributed by atoms with Crippen molar-refractivity contribution in [2.24, 2.45) is 0 Å². The summed E-state index contributed by atoms with van der Waals surface area (Å²) in [5, 5.41) is 17.0. The molecule has 0 saturated carbocycles. The lowest BCUT2D eigenvalue weighted by molar-refractivity contribution is 0.366. The number of hydrogen-bond donors (Lipinski definition) is 1. The van der Waals surface area contributed by atoms with Crippen LogP contribution in [0.1, 0.15) is 37.2 Å². The maximum absolute atomic E-state index is 9.29. The second-order valence-corrected chi connectivity index (χ2v) is 4.82. The Morgan fingerprint density at radius 3 is 2.47 bits per heavy atom. The standard InChI is InChI=1S/C13H22N4/c1-6-7-15-13(5,8-14)9-17-12(4)10(2)11(3)16-17/h15H,6-7,9H2,1-5H3. The van der Waals surface area contributed by atoms with Gasteiger partial charge in [-0.1, -0.05) is 6.92 Å². The van der Waals surface area contributed by atoms with Gasteiger partial charge in [0.2, 0.25) is 0 Å². The maximum Gasteiger partial charge on any atom is 0.123 e. The van der Waals surface area contributed by atoms with Crippen molar-refractivity contribution in [2.75, 3.05) is 6.54 Å². The molecule has 0 aliphatic carbocycles. The Bertz CT molecular complexity index is 427.